The highest BCUT2D eigenvalue weighted by molar-refractivity contribution is 5.89. The second-order valence-electron chi connectivity index (χ2n) is 8.88. The summed E-state index contributed by atoms with van der Waals surface area (Å²) in [6.45, 7) is 2.40. The first-order valence-electron chi connectivity index (χ1n) is 12.3. The van der Waals surface area contributed by atoms with E-state index in [0.29, 0.717) is 37.3 Å². The lowest BCUT2D eigenvalue weighted by molar-refractivity contribution is 0.0696. The van der Waals surface area contributed by atoms with Gasteiger partial charge in [0.15, 0.2) is 0 Å². The predicted molar refractivity (Wildman–Crippen MR) is 142 cm³/mol. The van der Waals surface area contributed by atoms with Gasteiger partial charge < -0.3 is 18.8 Å². The minimum atomic E-state index is -0.916. The number of carboxylic acid groups (broad SMARTS) is 1. The average Bonchev–Trinajstić information content (AvgIpc) is 3.53. The maximum atomic E-state index is 11.8. The maximum Gasteiger partial charge on any atom is 0.337 e. The topological polar surface area (TPSA) is 77.5 Å². The summed E-state index contributed by atoms with van der Waals surface area (Å²) >= 11 is 0. The molecule has 0 amide bonds. The van der Waals surface area contributed by atoms with Crippen LogP contribution < -0.4 is 4.74 Å². The third-order valence-electron chi connectivity index (χ3n) is 6.30. The van der Waals surface area contributed by atoms with Crippen LogP contribution in [0.4, 0.5) is 0 Å². The van der Waals surface area contributed by atoms with Gasteiger partial charge in [0.1, 0.15) is 11.5 Å². The van der Waals surface area contributed by atoms with Gasteiger partial charge in [-0.1, -0.05) is 48.5 Å². The SMILES string of the molecule is Cc1oc(-c2ccccc2)nc1CCOc1cccc(CCc2cn(-c3ccccc3)cc2C(=O)O)c1. The Morgan fingerprint density at radius 1 is 0.919 bits per heavy atom. The van der Waals surface area contributed by atoms with Crippen LogP contribution in [0.2, 0.25) is 0 Å². The standard InChI is InChI=1S/C31H28N2O4/c1-22-29(32-30(37-22)24-10-4-2-5-11-24)17-18-36-27-14-8-9-23(19-27)15-16-25-20-33(21-28(25)31(34)35)26-12-6-3-7-13-26/h2-14,19-21H,15-18H2,1H3,(H,34,35). The first-order valence-corrected chi connectivity index (χ1v) is 12.3. The second kappa shape index (κ2) is 11.0. The van der Waals surface area contributed by atoms with Gasteiger partial charge in [-0.2, -0.15) is 0 Å². The van der Waals surface area contributed by atoms with Gasteiger partial charge in [0.05, 0.1) is 17.9 Å². The Bertz CT molecular complexity index is 1490. The van der Waals surface area contributed by atoms with E-state index in [1.807, 2.05) is 103 Å². The number of rotatable bonds is 10. The van der Waals surface area contributed by atoms with Gasteiger partial charge >= 0.3 is 5.97 Å². The summed E-state index contributed by atoms with van der Waals surface area (Å²) in [6, 6.07) is 27.5. The molecule has 0 unspecified atom stereocenters. The van der Waals surface area contributed by atoms with Gasteiger partial charge in [0.2, 0.25) is 5.89 Å². The van der Waals surface area contributed by atoms with Gasteiger partial charge in [-0.15, -0.1) is 0 Å². The van der Waals surface area contributed by atoms with Crippen LogP contribution in [0.1, 0.15) is 32.9 Å². The third-order valence-corrected chi connectivity index (χ3v) is 6.30. The minimum absolute atomic E-state index is 0.328. The summed E-state index contributed by atoms with van der Waals surface area (Å²) in [4.78, 5) is 16.5. The van der Waals surface area contributed by atoms with Crippen molar-refractivity contribution in [2.75, 3.05) is 6.61 Å². The van der Waals surface area contributed by atoms with Crippen molar-refractivity contribution in [2.45, 2.75) is 26.2 Å². The number of carboxylic acids is 1. The molecule has 0 aliphatic carbocycles. The molecular weight excluding hydrogens is 464 g/mol. The van der Waals surface area contributed by atoms with E-state index in [1.54, 1.807) is 6.20 Å². The van der Waals surface area contributed by atoms with Crippen molar-refractivity contribution < 1.29 is 19.1 Å². The third kappa shape index (κ3) is 5.81. The maximum absolute atomic E-state index is 11.8. The lowest BCUT2D eigenvalue weighted by atomic mass is 10.0. The van der Waals surface area contributed by atoms with Gasteiger partial charge in [0, 0.05) is 30.1 Å². The Morgan fingerprint density at radius 2 is 1.68 bits per heavy atom. The van der Waals surface area contributed by atoms with Crippen molar-refractivity contribution in [2.24, 2.45) is 0 Å². The van der Waals surface area contributed by atoms with Crippen LogP contribution in [-0.4, -0.2) is 27.2 Å². The number of carbonyl (C=O) groups is 1. The smallest absolute Gasteiger partial charge is 0.337 e. The molecule has 1 N–H and O–H groups in total. The van der Waals surface area contributed by atoms with Gasteiger partial charge in [-0.25, -0.2) is 9.78 Å². The van der Waals surface area contributed by atoms with Crippen LogP contribution in [0.15, 0.2) is 102 Å². The Hall–Kier alpha value is -4.58. The second-order valence-corrected chi connectivity index (χ2v) is 8.88. The number of hydrogen-bond donors (Lipinski definition) is 1. The molecule has 186 valence electrons. The number of aromatic carboxylic acids is 1. The van der Waals surface area contributed by atoms with E-state index in [4.69, 9.17) is 9.15 Å². The molecule has 0 fully saturated rings. The summed E-state index contributed by atoms with van der Waals surface area (Å²) in [5, 5.41) is 9.70. The van der Waals surface area contributed by atoms with Crippen LogP contribution in [0.5, 0.6) is 5.75 Å². The van der Waals surface area contributed by atoms with Gasteiger partial charge in [-0.3, -0.25) is 0 Å². The first-order chi connectivity index (χ1) is 18.1. The zero-order chi connectivity index (χ0) is 25.6. The zero-order valence-corrected chi connectivity index (χ0v) is 20.6. The number of nitrogens with zero attached hydrogens (tertiary/aromatic N) is 2. The monoisotopic (exact) mass is 492 g/mol. The highest BCUT2D eigenvalue weighted by atomic mass is 16.5. The molecule has 0 aliphatic heterocycles. The highest BCUT2D eigenvalue weighted by Crippen LogP contribution is 2.23. The molecule has 0 bridgehead atoms. The molecular formula is C31H28N2O4. The molecule has 6 heteroatoms. The van der Waals surface area contributed by atoms with Gasteiger partial charge in [-0.05, 0) is 67.3 Å². The van der Waals surface area contributed by atoms with Gasteiger partial charge in [0.25, 0.3) is 0 Å². The fourth-order valence-corrected chi connectivity index (χ4v) is 4.34. The van der Waals surface area contributed by atoms with Crippen LogP contribution in [-0.2, 0) is 19.3 Å². The van der Waals surface area contributed by atoms with E-state index in [0.717, 1.165) is 39.6 Å². The zero-order valence-electron chi connectivity index (χ0n) is 20.6. The summed E-state index contributed by atoms with van der Waals surface area (Å²) in [7, 11) is 0. The van der Waals surface area contributed by atoms with Crippen molar-refractivity contribution in [3.05, 3.63) is 125 Å². The lowest BCUT2D eigenvalue weighted by Gasteiger charge is -2.08. The predicted octanol–water partition coefficient (Wildman–Crippen LogP) is 6.55. The fraction of sp³-hybridized carbons (Fsp3) is 0.161. The van der Waals surface area contributed by atoms with E-state index in [2.05, 4.69) is 4.98 Å². The molecule has 0 atom stereocenters. The molecule has 0 spiro atoms. The molecule has 0 radical (unpaired) electrons. The number of benzene rings is 3. The molecule has 0 saturated carbocycles. The van der Waals surface area contributed by atoms with Crippen molar-refractivity contribution in [3.63, 3.8) is 0 Å². The number of oxazole rings is 1. The van der Waals surface area contributed by atoms with Crippen LogP contribution in [0.3, 0.4) is 0 Å². The number of ether oxygens (including phenoxy) is 1. The molecule has 0 aliphatic rings. The molecule has 37 heavy (non-hydrogen) atoms. The summed E-state index contributed by atoms with van der Waals surface area (Å²) < 4.78 is 13.7. The lowest BCUT2D eigenvalue weighted by Crippen LogP contribution is -2.03. The summed E-state index contributed by atoms with van der Waals surface area (Å²) in [6.07, 6.45) is 5.55. The quantitative estimate of drug-likeness (QED) is 0.239. The van der Waals surface area contributed by atoms with Crippen molar-refractivity contribution in [3.8, 4) is 22.9 Å². The molecule has 6 nitrogen and oxygen atoms in total. The average molecular weight is 493 g/mol. The highest BCUT2D eigenvalue weighted by Gasteiger charge is 2.15. The van der Waals surface area contributed by atoms with E-state index in [9.17, 15) is 9.90 Å². The van der Waals surface area contributed by atoms with Crippen molar-refractivity contribution >= 4 is 5.97 Å². The van der Waals surface area contributed by atoms with E-state index < -0.39 is 5.97 Å². The molecule has 2 heterocycles. The van der Waals surface area contributed by atoms with E-state index in [1.165, 1.54) is 0 Å². The summed E-state index contributed by atoms with van der Waals surface area (Å²) in [5.74, 6) is 1.28. The normalized spacial score (nSPS) is 10.9. The van der Waals surface area contributed by atoms with Crippen LogP contribution >= 0.6 is 0 Å². The molecule has 5 aromatic rings. The Labute approximate surface area is 215 Å². The minimum Gasteiger partial charge on any atom is -0.493 e. The number of aryl methyl sites for hydroxylation is 3. The van der Waals surface area contributed by atoms with Crippen molar-refractivity contribution in [1.29, 1.82) is 0 Å². The Kier molecular flexibility index (Phi) is 7.17. The van der Waals surface area contributed by atoms with Crippen molar-refractivity contribution in [1.82, 2.24) is 9.55 Å². The largest absolute Gasteiger partial charge is 0.493 e. The summed E-state index contributed by atoms with van der Waals surface area (Å²) in [5.41, 5.74) is 5.00. The van der Waals surface area contributed by atoms with E-state index >= 15 is 0 Å². The fourth-order valence-electron chi connectivity index (χ4n) is 4.34. The Balaban J connectivity index is 1.20. The van der Waals surface area contributed by atoms with Crippen LogP contribution in [0.25, 0.3) is 17.1 Å². The molecule has 3 aromatic carbocycles. The number of hydrogen-bond acceptors (Lipinski definition) is 4. The first kappa shape index (κ1) is 24.1. The number of para-hydroxylation sites is 1. The van der Waals surface area contributed by atoms with E-state index in [-0.39, 0.29) is 0 Å². The molecule has 2 aromatic heterocycles. The Morgan fingerprint density at radius 3 is 2.43 bits per heavy atom. The van der Waals surface area contributed by atoms with Crippen LogP contribution in [0, 0.1) is 6.92 Å². The molecule has 0 saturated heterocycles. The molecule has 5 rings (SSSR count). The number of aromatic nitrogens is 2.